The van der Waals surface area contributed by atoms with Crippen LogP contribution in [-0.2, 0) is 13.1 Å². The minimum Gasteiger partial charge on any atom is -0.493 e. The SMILES string of the molecule is CN=C(NCc1ccc(OC)c(OC)c1)NCc1ncc(-c2ccccc2)[nH]1.I. The van der Waals surface area contributed by atoms with Crippen molar-refractivity contribution in [2.75, 3.05) is 21.3 Å². The van der Waals surface area contributed by atoms with Gasteiger partial charge >= 0.3 is 0 Å². The van der Waals surface area contributed by atoms with E-state index in [9.17, 15) is 0 Å². The Hall–Kier alpha value is -2.75. The van der Waals surface area contributed by atoms with Crippen molar-refractivity contribution in [2.24, 2.45) is 4.99 Å². The summed E-state index contributed by atoms with van der Waals surface area (Å²) in [7, 11) is 4.99. The molecule has 0 radical (unpaired) electrons. The van der Waals surface area contributed by atoms with Crippen molar-refractivity contribution in [3.05, 3.63) is 66.1 Å². The van der Waals surface area contributed by atoms with E-state index in [4.69, 9.17) is 9.47 Å². The van der Waals surface area contributed by atoms with Gasteiger partial charge in [0.25, 0.3) is 0 Å². The van der Waals surface area contributed by atoms with E-state index >= 15 is 0 Å². The molecule has 0 spiro atoms. The van der Waals surface area contributed by atoms with Gasteiger partial charge in [-0.3, -0.25) is 4.99 Å². The van der Waals surface area contributed by atoms with E-state index < -0.39 is 0 Å². The summed E-state index contributed by atoms with van der Waals surface area (Å²) < 4.78 is 10.6. The summed E-state index contributed by atoms with van der Waals surface area (Å²) in [6.07, 6.45) is 1.84. The molecule has 0 saturated carbocycles. The summed E-state index contributed by atoms with van der Waals surface area (Å²) in [4.78, 5) is 12.0. The van der Waals surface area contributed by atoms with Crippen LogP contribution in [0.4, 0.5) is 0 Å². The Morgan fingerprint density at radius 1 is 1.00 bits per heavy atom. The van der Waals surface area contributed by atoms with Crippen molar-refractivity contribution in [3.8, 4) is 22.8 Å². The number of nitrogens with zero attached hydrogens (tertiary/aromatic N) is 2. The molecule has 0 atom stereocenters. The van der Waals surface area contributed by atoms with E-state index in [1.165, 1.54) is 0 Å². The predicted molar refractivity (Wildman–Crippen MR) is 126 cm³/mol. The van der Waals surface area contributed by atoms with Gasteiger partial charge in [-0.1, -0.05) is 36.4 Å². The Balaban J connectivity index is 0.00000300. The molecule has 154 valence electrons. The van der Waals surface area contributed by atoms with E-state index in [1.54, 1.807) is 21.3 Å². The lowest BCUT2D eigenvalue weighted by Gasteiger charge is -2.13. The third kappa shape index (κ3) is 6.11. The number of imidazole rings is 1. The molecule has 1 aromatic heterocycles. The van der Waals surface area contributed by atoms with Crippen molar-refractivity contribution >= 4 is 29.9 Å². The van der Waals surface area contributed by atoms with Crippen molar-refractivity contribution in [3.63, 3.8) is 0 Å². The number of halogens is 1. The fourth-order valence-corrected chi connectivity index (χ4v) is 2.78. The highest BCUT2D eigenvalue weighted by Gasteiger charge is 2.07. The van der Waals surface area contributed by atoms with Crippen molar-refractivity contribution < 1.29 is 9.47 Å². The first-order chi connectivity index (χ1) is 13.7. The Morgan fingerprint density at radius 2 is 1.72 bits per heavy atom. The maximum atomic E-state index is 5.34. The standard InChI is InChI=1S/C21H25N5O2.HI/c1-22-21(24-12-15-9-10-18(27-2)19(11-15)28-3)25-14-20-23-13-17(26-20)16-7-5-4-6-8-16;/h4-11,13H,12,14H2,1-3H3,(H,23,26)(H2,22,24,25);1H. The first-order valence-corrected chi connectivity index (χ1v) is 8.98. The number of hydrogen-bond donors (Lipinski definition) is 3. The van der Waals surface area contributed by atoms with Gasteiger partial charge in [0.2, 0.25) is 0 Å². The number of benzene rings is 2. The largest absolute Gasteiger partial charge is 0.493 e. The lowest BCUT2D eigenvalue weighted by atomic mass is 10.2. The smallest absolute Gasteiger partial charge is 0.191 e. The van der Waals surface area contributed by atoms with E-state index in [2.05, 4.69) is 25.6 Å². The van der Waals surface area contributed by atoms with E-state index in [0.717, 1.165) is 22.6 Å². The van der Waals surface area contributed by atoms with Crippen LogP contribution < -0.4 is 20.1 Å². The van der Waals surface area contributed by atoms with Gasteiger partial charge in [-0.25, -0.2) is 4.98 Å². The van der Waals surface area contributed by atoms with Gasteiger partial charge in [-0.15, -0.1) is 24.0 Å². The van der Waals surface area contributed by atoms with Crippen LogP contribution >= 0.6 is 24.0 Å². The maximum absolute atomic E-state index is 5.34. The molecule has 3 N–H and O–H groups in total. The molecule has 2 aromatic carbocycles. The van der Waals surface area contributed by atoms with E-state index in [0.29, 0.717) is 30.5 Å². The van der Waals surface area contributed by atoms with Gasteiger partial charge in [0.05, 0.1) is 32.7 Å². The monoisotopic (exact) mass is 507 g/mol. The van der Waals surface area contributed by atoms with Crippen LogP contribution in [0.25, 0.3) is 11.3 Å². The lowest BCUT2D eigenvalue weighted by Crippen LogP contribution is -2.36. The molecule has 0 aliphatic carbocycles. The number of nitrogens with one attached hydrogen (secondary N) is 3. The summed E-state index contributed by atoms with van der Waals surface area (Å²) in [5.74, 6) is 2.94. The molecule has 0 aliphatic rings. The van der Waals surface area contributed by atoms with Crippen molar-refractivity contribution in [1.29, 1.82) is 0 Å². The third-order valence-electron chi connectivity index (χ3n) is 4.27. The van der Waals surface area contributed by atoms with Crippen molar-refractivity contribution in [1.82, 2.24) is 20.6 Å². The fourth-order valence-electron chi connectivity index (χ4n) is 2.78. The number of aromatic nitrogens is 2. The number of H-pyrrole nitrogens is 1. The van der Waals surface area contributed by atoms with Gasteiger partial charge in [-0.05, 0) is 23.3 Å². The van der Waals surface area contributed by atoms with Crippen molar-refractivity contribution in [2.45, 2.75) is 13.1 Å². The van der Waals surface area contributed by atoms with Gasteiger partial charge in [0.15, 0.2) is 17.5 Å². The molecule has 3 rings (SSSR count). The summed E-state index contributed by atoms with van der Waals surface area (Å²) >= 11 is 0. The number of aliphatic imine (C=N–C) groups is 1. The van der Waals surface area contributed by atoms with Crippen LogP contribution in [0.15, 0.2) is 59.7 Å². The minimum absolute atomic E-state index is 0. The van der Waals surface area contributed by atoms with Crippen LogP contribution in [0.5, 0.6) is 11.5 Å². The molecule has 0 unspecified atom stereocenters. The van der Waals surface area contributed by atoms with Gasteiger partial charge < -0.3 is 25.1 Å². The molecule has 0 aliphatic heterocycles. The Kier molecular flexibility index (Phi) is 8.78. The van der Waals surface area contributed by atoms with Crippen LogP contribution in [0.1, 0.15) is 11.4 Å². The fraction of sp³-hybridized carbons (Fsp3) is 0.238. The normalized spacial score (nSPS) is 10.8. The van der Waals surface area contributed by atoms with Crippen LogP contribution in [0.2, 0.25) is 0 Å². The van der Waals surface area contributed by atoms with Crippen LogP contribution in [-0.4, -0.2) is 37.2 Å². The second-order valence-corrected chi connectivity index (χ2v) is 6.08. The van der Waals surface area contributed by atoms with Gasteiger partial charge in [0.1, 0.15) is 5.82 Å². The second-order valence-electron chi connectivity index (χ2n) is 6.08. The molecule has 0 fully saturated rings. The quantitative estimate of drug-likeness (QED) is 0.259. The topological polar surface area (TPSA) is 83.6 Å². The zero-order valence-corrected chi connectivity index (χ0v) is 19.1. The Labute approximate surface area is 188 Å². The van der Waals surface area contributed by atoms with E-state index in [-0.39, 0.29) is 24.0 Å². The first kappa shape index (κ1) is 22.5. The number of guanidine groups is 1. The number of aromatic amines is 1. The summed E-state index contributed by atoms with van der Waals surface area (Å²) in [6, 6.07) is 15.9. The molecule has 1 heterocycles. The second kappa shape index (κ2) is 11.3. The summed E-state index contributed by atoms with van der Waals surface area (Å²) in [6.45, 7) is 1.14. The summed E-state index contributed by atoms with van der Waals surface area (Å²) in [5, 5.41) is 6.55. The Bertz CT molecular complexity index is 928. The summed E-state index contributed by atoms with van der Waals surface area (Å²) in [5.41, 5.74) is 3.16. The molecule has 0 saturated heterocycles. The molecule has 8 heteroatoms. The zero-order chi connectivity index (χ0) is 19.8. The molecule has 29 heavy (non-hydrogen) atoms. The number of hydrogen-bond acceptors (Lipinski definition) is 4. The molecular formula is C21H26IN5O2. The maximum Gasteiger partial charge on any atom is 0.191 e. The molecule has 3 aromatic rings. The number of methoxy groups -OCH3 is 2. The highest BCUT2D eigenvalue weighted by molar-refractivity contribution is 14.0. The molecule has 7 nitrogen and oxygen atoms in total. The predicted octanol–water partition coefficient (Wildman–Crippen LogP) is 3.58. The highest BCUT2D eigenvalue weighted by Crippen LogP contribution is 2.27. The average Bonchev–Trinajstić information content (AvgIpc) is 3.23. The molecule has 0 bridgehead atoms. The average molecular weight is 507 g/mol. The van der Waals surface area contributed by atoms with Crippen LogP contribution in [0.3, 0.4) is 0 Å². The zero-order valence-electron chi connectivity index (χ0n) is 16.7. The van der Waals surface area contributed by atoms with Crippen LogP contribution in [0, 0.1) is 0 Å². The lowest BCUT2D eigenvalue weighted by molar-refractivity contribution is 0.354. The molecular weight excluding hydrogens is 481 g/mol. The Morgan fingerprint density at radius 3 is 2.41 bits per heavy atom. The number of rotatable bonds is 7. The first-order valence-electron chi connectivity index (χ1n) is 8.98. The number of ether oxygens (including phenoxy) is 2. The van der Waals surface area contributed by atoms with E-state index in [1.807, 2.05) is 54.7 Å². The van der Waals surface area contributed by atoms with Gasteiger partial charge in [0, 0.05) is 13.6 Å². The third-order valence-corrected chi connectivity index (χ3v) is 4.27. The minimum atomic E-state index is 0. The molecule has 0 amide bonds. The highest BCUT2D eigenvalue weighted by atomic mass is 127. The van der Waals surface area contributed by atoms with Gasteiger partial charge in [-0.2, -0.15) is 0 Å².